The van der Waals surface area contributed by atoms with Gasteiger partial charge in [0.1, 0.15) is 28.7 Å². The van der Waals surface area contributed by atoms with Gasteiger partial charge in [0.15, 0.2) is 6.29 Å². The molecule has 0 amide bonds. The van der Waals surface area contributed by atoms with E-state index in [9.17, 15) is 48.3 Å². The normalized spacial score (nSPS) is 18.1. The minimum Gasteiger partial charge on any atom is -0.429 e. The Morgan fingerprint density at radius 2 is 1.13 bits per heavy atom. The van der Waals surface area contributed by atoms with Gasteiger partial charge in [-0.3, -0.25) is 0 Å². The second kappa shape index (κ2) is 13.0. The van der Waals surface area contributed by atoms with Gasteiger partial charge < -0.3 is 18.9 Å². The van der Waals surface area contributed by atoms with Crippen LogP contribution in [-0.4, -0.2) is 19.6 Å². The van der Waals surface area contributed by atoms with E-state index < -0.39 is 70.8 Å². The predicted octanol–water partition coefficient (Wildman–Crippen LogP) is 9.27. The Bertz CT molecular complexity index is 1410. The zero-order valence-electron chi connectivity index (χ0n) is 23.0. The molecule has 246 valence electrons. The molecule has 3 aromatic rings. The number of rotatable bonds is 11. The molecule has 0 radical (unpaired) electrons. The van der Waals surface area contributed by atoms with Gasteiger partial charge in [0.2, 0.25) is 0 Å². The first-order chi connectivity index (χ1) is 20.9. The molecular weight excluding hydrogens is 637 g/mol. The molecule has 0 aliphatic carbocycles. The molecule has 1 aliphatic heterocycles. The quantitative estimate of drug-likeness (QED) is 0.192. The monoisotopic (exact) mass is 660 g/mol. The average Bonchev–Trinajstić information content (AvgIpc) is 2.92. The standard InChI is InChI=1S/C29H23F11O5/c1-2-3-16-14-41-25(42-15-16)17-4-6-18(7-5-17)26(32,33)43-20-10-8-19(9-11-20)27(34,35)44-21-12-22(30)24(23(31)13-21)28(36,37)45-29(38,39)40/h4-13,16,25H,2-3,14-15H2,1H3. The predicted molar refractivity (Wildman–Crippen MR) is 132 cm³/mol. The van der Waals surface area contributed by atoms with Crippen molar-refractivity contribution in [3.8, 4) is 11.5 Å². The Labute approximate surface area is 248 Å². The van der Waals surface area contributed by atoms with Gasteiger partial charge in [-0.15, -0.1) is 13.2 Å². The third-order valence-electron chi connectivity index (χ3n) is 6.42. The van der Waals surface area contributed by atoms with Crippen LogP contribution in [0.25, 0.3) is 0 Å². The van der Waals surface area contributed by atoms with Crippen LogP contribution in [0.2, 0.25) is 0 Å². The Kier molecular flexibility index (Phi) is 9.90. The molecule has 5 nitrogen and oxygen atoms in total. The molecule has 0 N–H and O–H groups in total. The summed E-state index contributed by atoms with van der Waals surface area (Å²) in [5, 5.41) is 0. The summed E-state index contributed by atoms with van der Waals surface area (Å²) in [5.41, 5.74) is -3.63. The molecule has 1 saturated heterocycles. The van der Waals surface area contributed by atoms with Gasteiger partial charge in [-0.05, 0) is 42.8 Å². The highest BCUT2D eigenvalue weighted by atomic mass is 19.4. The maximum absolute atomic E-state index is 14.8. The SMILES string of the molecule is CCCC1COC(c2ccc(C(F)(F)Oc3ccc(C(F)(F)Oc4cc(F)c(C(F)(F)OC(F)(F)F)c(F)c4)cc3)cc2)OC1. The first-order valence-electron chi connectivity index (χ1n) is 13.1. The molecule has 1 heterocycles. The van der Waals surface area contributed by atoms with Crippen molar-refractivity contribution < 1.29 is 72.0 Å². The smallest absolute Gasteiger partial charge is 0.429 e. The number of halogens is 11. The lowest BCUT2D eigenvalue weighted by Crippen LogP contribution is -2.30. The summed E-state index contributed by atoms with van der Waals surface area (Å²) in [6.07, 6.45) is -18.7. The van der Waals surface area contributed by atoms with E-state index in [-0.39, 0.29) is 18.1 Å². The van der Waals surface area contributed by atoms with Gasteiger partial charge in [-0.2, -0.15) is 26.3 Å². The third-order valence-corrected chi connectivity index (χ3v) is 6.42. The van der Waals surface area contributed by atoms with E-state index in [2.05, 4.69) is 14.2 Å². The van der Waals surface area contributed by atoms with E-state index >= 15 is 0 Å². The largest absolute Gasteiger partial charge is 0.527 e. The van der Waals surface area contributed by atoms with Crippen LogP contribution in [0.4, 0.5) is 48.3 Å². The van der Waals surface area contributed by atoms with E-state index in [0.717, 1.165) is 25.0 Å². The summed E-state index contributed by atoms with van der Waals surface area (Å²) in [6.45, 7) is 2.95. The molecule has 16 heteroatoms. The van der Waals surface area contributed by atoms with Crippen molar-refractivity contribution in [3.05, 3.63) is 94.6 Å². The Morgan fingerprint density at radius 1 is 0.667 bits per heavy atom. The van der Waals surface area contributed by atoms with Crippen LogP contribution in [0.15, 0.2) is 60.7 Å². The Balaban J connectivity index is 1.41. The van der Waals surface area contributed by atoms with Crippen LogP contribution in [0, 0.1) is 17.6 Å². The van der Waals surface area contributed by atoms with Crippen LogP contribution in [0.1, 0.15) is 48.3 Å². The van der Waals surface area contributed by atoms with Crippen molar-refractivity contribution in [2.75, 3.05) is 13.2 Å². The molecule has 4 rings (SSSR count). The Morgan fingerprint density at radius 3 is 1.60 bits per heavy atom. The summed E-state index contributed by atoms with van der Waals surface area (Å²) in [4.78, 5) is 0. The number of ether oxygens (including phenoxy) is 5. The molecule has 0 unspecified atom stereocenters. The second-order valence-corrected chi connectivity index (χ2v) is 9.86. The molecular formula is C29H23F11O5. The molecule has 3 aromatic carbocycles. The van der Waals surface area contributed by atoms with E-state index in [1.165, 1.54) is 12.1 Å². The van der Waals surface area contributed by atoms with Crippen LogP contribution in [0.3, 0.4) is 0 Å². The van der Waals surface area contributed by atoms with Crippen molar-refractivity contribution in [1.29, 1.82) is 0 Å². The first kappa shape index (κ1) is 34.2. The second-order valence-electron chi connectivity index (χ2n) is 9.86. The summed E-state index contributed by atoms with van der Waals surface area (Å²) >= 11 is 0. The van der Waals surface area contributed by atoms with Crippen molar-refractivity contribution in [2.24, 2.45) is 5.92 Å². The topological polar surface area (TPSA) is 46.2 Å². The Hall–Kier alpha value is -3.63. The molecule has 0 aromatic heterocycles. The van der Waals surface area contributed by atoms with Crippen LogP contribution >= 0.6 is 0 Å². The fraction of sp³-hybridized carbons (Fsp3) is 0.379. The first-order valence-corrected chi connectivity index (χ1v) is 13.1. The highest BCUT2D eigenvalue weighted by Gasteiger charge is 2.50. The number of benzene rings is 3. The highest BCUT2D eigenvalue weighted by molar-refractivity contribution is 5.35. The summed E-state index contributed by atoms with van der Waals surface area (Å²) in [5.74, 6) is -6.48. The fourth-order valence-corrected chi connectivity index (χ4v) is 4.36. The van der Waals surface area contributed by atoms with Gasteiger partial charge >= 0.3 is 24.7 Å². The number of alkyl halides is 9. The van der Waals surface area contributed by atoms with Crippen LogP contribution in [0.5, 0.6) is 11.5 Å². The number of hydrogen-bond acceptors (Lipinski definition) is 5. The maximum atomic E-state index is 14.8. The minimum atomic E-state index is -5.99. The van der Waals surface area contributed by atoms with Crippen LogP contribution < -0.4 is 9.47 Å². The van der Waals surface area contributed by atoms with Crippen LogP contribution in [-0.2, 0) is 32.5 Å². The molecule has 0 spiro atoms. The van der Waals surface area contributed by atoms with E-state index in [1.54, 1.807) is 0 Å². The maximum Gasteiger partial charge on any atom is 0.527 e. The average molecular weight is 660 g/mol. The third kappa shape index (κ3) is 8.55. The van der Waals surface area contributed by atoms with Gasteiger partial charge in [-0.1, -0.05) is 25.5 Å². The van der Waals surface area contributed by atoms with Gasteiger partial charge in [0, 0.05) is 23.6 Å². The molecule has 1 aliphatic rings. The van der Waals surface area contributed by atoms with E-state index in [0.29, 0.717) is 43.0 Å². The van der Waals surface area contributed by atoms with Crippen molar-refractivity contribution in [3.63, 3.8) is 0 Å². The van der Waals surface area contributed by atoms with Gasteiger partial charge in [-0.25, -0.2) is 13.5 Å². The summed E-state index contributed by atoms with van der Waals surface area (Å²) < 4.78 is 173. The van der Waals surface area contributed by atoms with Gasteiger partial charge in [0.05, 0.1) is 24.3 Å². The molecule has 0 saturated carbocycles. The van der Waals surface area contributed by atoms with Crippen molar-refractivity contribution in [2.45, 2.75) is 50.7 Å². The van der Waals surface area contributed by atoms with Gasteiger partial charge in [0.25, 0.3) is 0 Å². The molecule has 0 bridgehead atoms. The molecule has 0 atom stereocenters. The molecule has 45 heavy (non-hydrogen) atoms. The summed E-state index contributed by atoms with van der Waals surface area (Å²) in [6, 6.07) is 7.03. The highest BCUT2D eigenvalue weighted by Crippen LogP contribution is 2.42. The zero-order valence-corrected chi connectivity index (χ0v) is 23.0. The zero-order chi connectivity index (χ0) is 33.2. The lowest BCUT2D eigenvalue weighted by molar-refractivity contribution is -0.432. The van der Waals surface area contributed by atoms with Crippen molar-refractivity contribution in [1.82, 2.24) is 0 Å². The van der Waals surface area contributed by atoms with E-state index in [1.807, 2.05) is 6.92 Å². The summed E-state index contributed by atoms with van der Waals surface area (Å²) in [7, 11) is 0. The fourth-order valence-electron chi connectivity index (χ4n) is 4.36. The number of hydrogen-bond donors (Lipinski definition) is 0. The lowest BCUT2D eigenvalue weighted by Gasteiger charge is -2.29. The minimum absolute atomic E-state index is 0.209. The van der Waals surface area contributed by atoms with E-state index in [4.69, 9.17) is 9.47 Å². The molecule has 1 fully saturated rings. The van der Waals surface area contributed by atoms with Crippen molar-refractivity contribution >= 4 is 0 Å². The lowest BCUT2D eigenvalue weighted by atomic mass is 10.0.